The van der Waals surface area contributed by atoms with E-state index in [1.165, 1.54) is 24.3 Å². The predicted molar refractivity (Wildman–Crippen MR) is 77.7 cm³/mol. The van der Waals surface area contributed by atoms with Crippen molar-refractivity contribution >= 4 is 12.0 Å². The van der Waals surface area contributed by atoms with Gasteiger partial charge in [-0.05, 0) is 29.7 Å². The van der Waals surface area contributed by atoms with E-state index in [9.17, 15) is 4.79 Å². The van der Waals surface area contributed by atoms with Crippen molar-refractivity contribution in [2.24, 2.45) is 0 Å². The minimum atomic E-state index is -0.345. The van der Waals surface area contributed by atoms with Crippen molar-refractivity contribution in [3.8, 4) is 11.1 Å². The molecule has 0 fully saturated rings. The molecule has 2 heteroatoms. The van der Waals surface area contributed by atoms with Crippen LogP contribution in [-0.4, -0.2) is 13.1 Å². The smallest absolute Gasteiger partial charge is 0.330 e. The number of hydrogen-bond acceptors (Lipinski definition) is 2. The Morgan fingerprint density at radius 2 is 1.47 bits per heavy atom. The third kappa shape index (κ3) is 3.55. The molecule has 0 aliphatic heterocycles. The summed E-state index contributed by atoms with van der Waals surface area (Å²) in [5.41, 5.74) is 4.58. The minimum Gasteiger partial charge on any atom is -0.466 e. The Morgan fingerprint density at radius 1 is 0.947 bits per heavy atom. The molecule has 2 nitrogen and oxygen atoms in total. The molecule has 19 heavy (non-hydrogen) atoms. The van der Waals surface area contributed by atoms with E-state index in [0.717, 1.165) is 11.1 Å². The maximum absolute atomic E-state index is 11.0. The molecule has 0 aliphatic carbocycles. The molecule has 96 valence electrons. The van der Waals surface area contributed by atoms with Crippen molar-refractivity contribution < 1.29 is 9.53 Å². The summed E-state index contributed by atoms with van der Waals surface area (Å²) in [6, 6.07) is 16.5. The van der Waals surface area contributed by atoms with Crippen LogP contribution in [0.4, 0.5) is 0 Å². The first-order valence-corrected chi connectivity index (χ1v) is 6.12. The van der Waals surface area contributed by atoms with Gasteiger partial charge in [0.25, 0.3) is 0 Å². The highest BCUT2D eigenvalue weighted by atomic mass is 16.5. The van der Waals surface area contributed by atoms with Gasteiger partial charge in [0.2, 0.25) is 0 Å². The summed E-state index contributed by atoms with van der Waals surface area (Å²) in [6.45, 7) is 2.07. The third-order valence-corrected chi connectivity index (χ3v) is 2.91. The van der Waals surface area contributed by atoms with Gasteiger partial charge >= 0.3 is 5.97 Å². The van der Waals surface area contributed by atoms with E-state index in [1.807, 2.05) is 24.3 Å². The first kappa shape index (κ1) is 13.1. The summed E-state index contributed by atoms with van der Waals surface area (Å²) < 4.78 is 4.55. The maximum Gasteiger partial charge on any atom is 0.330 e. The zero-order chi connectivity index (χ0) is 13.7. The van der Waals surface area contributed by atoms with Gasteiger partial charge in [0.15, 0.2) is 0 Å². The van der Waals surface area contributed by atoms with Gasteiger partial charge in [-0.2, -0.15) is 0 Å². The lowest BCUT2D eigenvalue weighted by atomic mass is 10.0. The molecule has 0 heterocycles. The summed E-state index contributed by atoms with van der Waals surface area (Å²) >= 11 is 0. The van der Waals surface area contributed by atoms with Gasteiger partial charge in [-0.3, -0.25) is 0 Å². The lowest BCUT2D eigenvalue weighted by Crippen LogP contribution is -1.93. The molecule has 2 aromatic carbocycles. The molecule has 0 spiro atoms. The van der Waals surface area contributed by atoms with Crippen LogP contribution >= 0.6 is 0 Å². The zero-order valence-electron chi connectivity index (χ0n) is 11.1. The number of methoxy groups -OCH3 is 1. The fourth-order valence-corrected chi connectivity index (χ4v) is 1.76. The number of esters is 1. The Bertz CT molecular complexity index is 578. The van der Waals surface area contributed by atoms with Crippen LogP contribution in [0.15, 0.2) is 54.6 Å². The highest BCUT2D eigenvalue weighted by Gasteiger charge is 1.97. The normalized spacial score (nSPS) is 10.6. The molecular formula is C17H16O2. The van der Waals surface area contributed by atoms with Gasteiger partial charge in [0.05, 0.1) is 7.11 Å². The molecule has 0 unspecified atom stereocenters. The van der Waals surface area contributed by atoms with E-state index < -0.39 is 0 Å². The van der Waals surface area contributed by atoms with Crippen molar-refractivity contribution in [3.05, 3.63) is 65.7 Å². The molecule has 0 aromatic heterocycles. The molecular weight excluding hydrogens is 236 g/mol. The van der Waals surface area contributed by atoms with Gasteiger partial charge < -0.3 is 4.74 Å². The van der Waals surface area contributed by atoms with Crippen molar-refractivity contribution in [1.82, 2.24) is 0 Å². The second kappa shape index (κ2) is 6.01. The minimum absolute atomic E-state index is 0.345. The highest BCUT2D eigenvalue weighted by Crippen LogP contribution is 2.20. The average Bonchev–Trinajstić information content (AvgIpc) is 2.46. The summed E-state index contributed by atoms with van der Waals surface area (Å²) in [7, 11) is 1.37. The second-order valence-corrected chi connectivity index (χ2v) is 4.34. The van der Waals surface area contributed by atoms with E-state index >= 15 is 0 Å². The number of aryl methyl sites for hydroxylation is 1. The van der Waals surface area contributed by atoms with Crippen LogP contribution in [-0.2, 0) is 9.53 Å². The Hall–Kier alpha value is -2.35. The van der Waals surface area contributed by atoms with Gasteiger partial charge in [0.1, 0.15) is 0 Å². The Morgan fingerprint density at radius 3 is 2.00 bits per heavy atom. The number of ether oxygens (including phenoxy) is 1. The van der Waals surface area contributed by atoms with Gasteiger partial charge in [-0.25, -0.2) is 4.79 Å². The quantitative estimate of drug-likeness (QED) is 0.612. The molecule has 0 amide bonds. The monoisotopic (exact) mass is 252 g/mol. The standard InChI is InChI=1S/C17H16O2/c1-13-3-8-15(9-4-13)16-10-5-14(6-11-16)7-12-17(18)19-2/h3-12H,1-2H3. The Labute approximate surface area is 113 Å². The number of carbonyl (C=O) groups is 1. The lowest BCUT2D eigenvalue weighted by Gasteiger charge is -2.03. The fraction of sp³-hybridized carbons (Fsp3) is 0.118. The molecule has 0 radical (unpaired) electrons. The molecule has 0 bridgehead atoms. The largest absolute Gasteiger partial charge is 0.466 e. The molecule has 0 atom stereocenters. The van der Waals surface area contributed by atoms with Crippen LogP contribution in [0.3, 0.4) is 0 Å². The highest BCUT2D eigenvalue weighted by molar-refractivity contribution is 5.87. The van der Waals surface area contributed by atoms with E-state index in [4.69, 9.17) is 0 Å². The molecule has 0 aliphatic rings. The van der Waals surface area contributed by atoms with E-state index in [-0.39, 0.29) is 5.97 Å². The van der Waals surface area contributed by atoms with Gasteiger partial charge in [0, 0.05) is 6.08 Å². The molecule has 2 aromatic rings. The Balaban J connectivity index is 2.16. The summed E-state index contributed by atoms with van der Waals surface area (Å²) in [5, 5.41) is 0. The maximum atomic E-state index is 11.0. The first-order valence-electron chi connectivity index (χ1n) is 6.12. The molecule has 0 N–H and O–H groups in total. The second-order valence-electron chi connectivity index (χ2n) is 4.34. The van der Waals surface area contributed by atoms with E-state index in [1.54, 1.807) is 6.08 Å². The number of benzene rings is 2. The topological polar surface area (TPSA) is 26.3 Å². The zero-order valence-corrected chi connectivity index (χ0v) is 11.1. The number of carbonyl (C=O) groups excluding carboxylic acids is 1. The van der Waals surface area contributed by atoms with Crippen molar-refractivity contribution in [2.75, 3.05) is 7.11 Å². The molecule has 0 saturated carbocycles. The summed E-state index contributed by atoms with van der Waals surface area (Å²) in [6.07, 6.45) is 3.16. The van der Waals surface area contributed by atoms with Crippen LogP contribution < -0.4 is 0 Å². The average molecular weight is 252 g/mol. The van der Waals surface area contributed by atoms with Crippen LogP contribution in [0, 0.1) is 6.92 Å². The lowest BCUT2D eigenvalue weighted by molar-refractivity contribution is -0.134. The first-order chi connectivity index (χ1) is 9.19. The Kier molecular flexibility index (Phi) is 4.14. The predicted octanol–water partition coefficient (Wildman–Crippen LogP) is 3.85. The van der Waals surface area contributed by atoms with E-state index in [0.29, 0.717) is 0 Å². The molecule has 0 saturated heterocycles. The van der Waals surface area contributed by atoms with Crippen molar-refractivity contribution in [1.29, 1.82) is 0 Å². The van der Waals surface area contributed by atoms with E-state index in [2.05, 4.69) is 35.9 Å². The van der Waals surface area contributed by atoms with Gasteiger partial charge in [-0.15, -0.1) is 0 Å². The van der Waals surface area contributed by atoms with Crippen LogP contribution in [0.5, 0.6) is 0 Å². The summed E-state index contributed by atoms with van der Waals surface area (Å²) in [4.78, 5) is 11.0. The van der Waals surface area contributed by atoms with Crippen molar-refractivity contribution in [2.45, 2.75) is 6.92 Å². The van der Waals surface area contributed by atoms with Crippen LogP contribution in [0.25, 0.3) is 17.2 Å². The number of rotatable bonds is 3. The number of hydrogen-bond donors (Lipinski definition) is 0. The fourth-order valence-electron chi connectivity index (χ4n) is 1.76. The van der Waals surface area contributed by atoms with Crippen molar-refractivity contribution in [3.63, 3.8) is 0 Å². The third-order valence-electron chi connectivity index (χ3n) is 2.91. The SMILES string of the molecule is COC(=O)C=Cc1ccc(-c2ccc(C)cc2)cc1. The van der Waals surface area contributed by atoms with Crippen LogP contribution in [0.1, 0.15) is 11.1 Å². The summed E-state index contributed by atoms with van der Waals surface area (Å²) in [5.74, 6) is -0.345. The molecule has 2 rings (SSSR count). The van der Waals surface area contributed by atoms with Crippen LogP contribution in [0.2, 0.25) is 0 Å². The van der Waals surface area contributed by atoms with Gasteiger partial charge in [-0.1, -0.05) is 54.1 Å².